The van der Waals surface area contributed by atoms with Gasteiger partial charge in [0.25, 0.3) is 0 Å². The van der Waals surface area contributed by atoms with Gasteiger partial charge in [-0.15, -0.1) is 0 Å². The van der Waals surface area contributed by atoms with Crippen LogP contribution in [0.1, 0.15) is 28.0 Å². The summed E-state index contributed by atoms with van der Waals surface area (Å²) in [6.45, 7) is 2.86. The lowest BCUT2D eigenvalue weighted by atomic mass is 9.97. The van der Waals surface area contributed by atoms with Crippen LogP contribution in [0.15, 0.2) is 42.5 Å². The Morgan fingerprint density at radius 3 is 2.91 bits per heavy atom. The molecule has 0 bridgehead atoms. The van der Waals surface area contributed by atoms with Crippen LogP contribution >= 0.6 is 11.6 Å². The number of aromatic carboxylic acids is 1. The van der Waals surface area contributed by atoms with E-state index < -0.39 is 5.97 Å². The molecule has 1 aliphatic heterocycles. The summed E-state index contributed by atoms with van der Waals surface area (Å²) in [5, 5.41) is 9.60. The number of carbonyl (C=O) groups is 1. The third-order valence-electron chi connectivity index (χ3n) is 4.23. The van der Waals surface area contributed by atoms with E-state index in [4.69, 9.17) is 16.7 Å². The molecule has 0 spiro atoms. The maximum Gasteiger partial charge on any atom is 0.335 e. The zero-order valence-electron chi connectivity index (χ0n) is 12.8. The average molecular weight is 331 g/mol. The second-order valence-corrected chi connectivity index (χ2v) is 6.44. The summed E-state index contributed by atoms with van der Waals surface area (Å²) in [7, 11) is 0. The van der Waals surface area contributed by atoms with E-state index in [1.165, 1.54) is 0 Å². The molecule has 5 heteroatoms. The van der Waals surface area contributed by atoms with Gasteiger partial charge in [0.1, 0.15) is 5.15 Å². The van der Waals surface area contributed by atoms with Crippen molar-refractivity contribution < 1.29 is 9.90 Å². The lowest BCUT2D eigenvalue weighted by Crippen LogP contribution is -2.21. The maximum atomic E-state index is 11.0. The average Bonchev–Trinajstić information content (AvgIpc) is 2.94. The number of hydrogen-bond donors (Lipinski definition) is 1. The van der Waals surface area contributed by atoms with Gasteiger partial charge in [-0.2, -0.15) is 0 Å². The fourth-order valence-corrected chi connectivity index (χ4v) is 3.34. The minimum atomic E-state index is -0.869. The molecule has 2 aromatic rings. The third-order valence-corrected chi connectivity index (χ3v) is 4.44. The molecule has 1 saturated heterocycles. The number of halogens is 1. The summed E-state index contributed by atoms with van der Waals surface area (Å²) in [6, 6.07) is 13.0. The molecule has 1 N–H and O–H groups in total. The van der Waals surface area contributed by atoms with Crippen molar-refractivity contribution in [2.24, 2.45) is 5.92 Å². The first-order chi connectivity index (χ1) is 11.1. The second-order valence-electron chi connectivity index (χ2n) is 6.05. The van der Waals surface area contributed by atoms with Gasteiger partial charge in [-0.05, 0) is 55.1 Å². The molecule has 1 aromatic heterocycles. The molecule has 0 amide bonds. The molecule has 1 aromatic carbocycles. The highest BCUT2D eigenvalue weighted by atomic mass is 35.5. The second kappa shape index (κ2) is 7.11. The number of carboxylic acids is 1. The molecule has 2 heterocycles. The summed E-state index contributed by atoms with van der Waals surface area (Å²) in [5.41, 5.74) is 2.45. The van der Waals surface area contributed by atoms with E-state index in [1.54, 1.807) is 18.2 Å². The van der Waals surface area contributed by atoms with Crippen molar-refractivity contribution in [1.82, 2.24) is 9.88 Å². The molecule has 3 rings (SSSR count). The fourth-order valence-electron chi connectivity index (χ4n) is 3.16. The van der Waals surface area contributed by atoms with Crippen LogP contribution in [0.25, 0.3) is 0 Å². The molecule has 1 atom stereocenters. The number of rotatable bonds is 5. The quantitative estimate of drug-likeness (QED) is 0.852. The number of likely N-dealkylation sites (tertiary alicyclic amines) is 1. The van der Waals surface area contributed by atoms with Gasteiger partial charge < -0.3 is 5.11 Å². The zero-order chi connectivity index (χ0) is 16.2. The molecular weight excluding hydrogens is 312 g/mol. The van der Waals surface area contributed by atoms with Gasteiger partial charge in [-0.1, -0.05) is 29.8 Å². The highest BCUT2D eigenvalue weighted by molar-refractivity contribution is 6.29. The van der Waals surface area contributed by atoms with Crippen LogP contribution in [0.3, 0.4) is 0 Å². The molecule has 4 nitrogen and oxygen atoms in total. The van der Waals surface area contributed by atoms with Gasteiger partial charge >= 0.3 is 5.97 Å². The summed E-state index contributed by atoms with van der Waals surface area (Å²) in [5.74, 6) is -0.315. The summed E-state index contributed by atoms with van der Waals surface area (Å²) < 4.78 is 0. The van der Waals surface area contributed by atoms with Crippen LogP contribution in [0, 0.1) is 5.92 Å². The fraction of sp³-hybridized carbons (Fsp3) is 0.333. The molecule has 1 fully saturated rings. The predicted molar refractivity (Wildman–Crippen MR) is 89.7 cm³/mol. The Labute approximate surface area is 140 Å². The van der Waals surface area contributed by atoms with Gasteiger partial charge in [-0.3, -0.25) is 4.90 Å². The first-order valence-electron chi connectivity index (χ1n) is 7.76. The van der Waals surface area contributed by atoms with Crippen LogP contribution in [-0.4, -0.2) is 34.0 Å². The molecule has 120 valence electrons. The first kappa shape index (κ1) is 16.0. The standard InChI is InChI=1S/C18H19ClN2O2/c19-17-6-2-5-16(20-17)12-21-8-7-14(11-21)9-13-3-1-4-15(10-13)18(22)23/h1-6,10,14H,7-9,11-12H2,(H,22,23)/t14-/m1/s1. The van der Waals surface area contributed by atoms with Crippen molar-refractivity contribution in [3.05, 3.63) is 64.4 Å². The van der Waals surface area contributed by atoms with Crippen molar-refractivity contribution >= 4 is 17.6 Å². The topological polar surface area (TPSA) is 53.4 Å². The van der Waals surface area contributed by atoms with E-state index in [-0.39, 0.29) is 0 Å². The monoisotopic (exact) mass is 330 g/mol. The molecule has 1 aliphatic rings. The highest BCUT2D eigenvalue weighted by Gasteiger charge is 2.23. The van der Waals surface area contributed by atoms with Crippen molar-refractivity contribution in [3.63, 3.8) is 0 Å². The SMILES string of the molecule is O=C(O)c1cccc(C[C@H]2CCN(Cc3cccc(Cl)n3)C2)c1. The Kier molecular flexibility index (Phi) is 4.94. The Balaban J connectivity index is 1.57. The molecule has 0 unspecified atom stereocenters. The smallest absolute Gasteiger partial charge is 0.335 e. The van der Waals surface area contributed by atoms with Crippen LogP contribution in [0.5, 0.6) is 0 Å². The maximum absolute atomic E-state index is 11.0. The summed E-state index contributed by atoms with van der Waals surface area (Å²) in [4.78, 5) is 17.8. The molecular formula is C18H19ClN2O2. The van der Waals surface area contributed by atoms with Gasteiger partial charge in [0.05, 0.1) is 11.3 Å². The number of carboxylic acid groups (broad SMARTS) is 1. The summed E-state index contributed by atoms with van der Waals surface area (Å²) >= 11 is 5.93. The highest BCUT2D eigenvalue weighted by Crippen LogP contribution is 2.23. The Bertz CT molecular complexity index is 705. The van der Waals surface area contributed by atoms with E-state index >= 15 is 0 Å². The number of pyridine rings is 1. The van der Waals surface area contributed by atoms with Crippen LogP contribution in [0.2, 0.25) is 5.15 Å². The normalized spacial score (nSPS) is 18.2. The first-order valence-corrected chi connectivity index (χ1v) is 8.14. The van der Waals surface area contributed by atoms with Gasteiger partial charge in [-0.25, -0.2) is 9.78 Å². The molecule has 23 heavy (non-hydrogen) atoms. The van der Waals surface area contributed by atoms with Crippen LogP contribution in [-0.2, 0) is 13.0 Å². The van der Waals surface area contributed by atoms with E-state index in [1.807, 2.05) is 24.3 Å². The van der Waals surface area contributed by atoms with Crippen molar-refractivity contribution in [2.75, 3.05) is 13.1 Å². The van der Waals surface area contributed by atoms with Crippen LogP contribution < -0.4 is 0 Å². The van der Waals surface area contributed by atoms with E-state index in [2.05, 4.69) is 9.88 Å². The van der Waals surface area contributed by atoms with Crippen molar-refractivity contribution in [1.29, 1.82) is 0 Å². The van der Waals surface area contributed by atoms with Gasteiger partial charge in [0.15, 0.2) is 0 Å². The third kappa shape index (κ3) is 4.30. The Morgan fingerprint density at radius 1 is 1.30 bits per heavy atom. The Morgan fingerprint density at radius 2 is 2.13 bits per heavy atom. The van der Waals surface area contributed by atoms with E-state index in [0.717, 1.165) is 43.7 Å². The number of aromatic nitrogens is 1. The lowest BCUT2D eigenvalue weighted by Gasteiger charge is -2.15. The number of hydrogen-bond acceptors (Lipinski definition) is 3. The largest absolute Gasteiger partial charge is 0.478 e. The van der Waals surface area contributed by atoms with Gasteiger partial charge in [0.2, 0.25) is 0 Å². The minimum Gasteiger partial charge on any atom is -0.478 e. The summed E-state index contributed by atoms with van der Waals surface area (Å²) in [6.07, 6.45) is 2.04. The minimum absolute atomic E-state index is 0.362. The number of nitrogens with zero attached hydrogens (tertiary/aromatic N) is 2. The number of benzene rings is 1. The van der Waals surface area contributed by atoms with Gasteiger partial charge in [0, 0.05) is 13.1 Å². The molecule has 0 aliphatic carbocycles. The Hall–Kier alpha value is -1.91. The van der Waals surface area contributed by atoms with Crippen molar-refractivity contribution in [3.8, 4) is 0 Å². The van der Waals surface area contributed by atoms with Crippen molar-refractivity contribution in [2.45, 2.75) is 19.4 Å². The molecule has 0 radical (unpaired) electrons. The lowest BCUT2D eigenvalue weighted by molar-refractivity contribution is 0.0696. The molecule has 0 saturated carbocycles. The van der Waals surface area contributed by atoms with E-state index in [0.29, 0.717) is 16.6 Å². The zero-order valence-corrected chi connectivity index (χ0v) is 13.5. The van der Waals surface area contributed by atoms with Crippen LogP contribution in [0.4, 0.5) is 0 Å². The van der Waals surface area contributed by atoms with E-state index in [9.17, 15) is 4.79 Å². The predicted octanol–water partition coefficient (Wildman–Crippen LogP) is 3.50.